The molecule has 144 valence electrons. The number of piperidine rings is 1. The quantitative estimate of drug-likeness (QED) is 0.697. The Hall–Kier alpha value is -3.15. The van der Waals surface area contributed by atoms with Gasteiger partial charge in [0.1, 0.15) is 5.82 Å². The van der Waals surface area contributed by atoms with Crippen LogP contribution in [-0.2, 0) is 6.54 Å². The molecule has 0 unspecified atom stereocenters. The van der Waals surface area contributed by atoms with Crippen LogP contribution in [0.3, 0.4) is 0 Å². The van der Waals surface area contributed by atoms with Gasteiger partial charge in [-0.2, -0.15) is 0 Å². The zero-order valence-electron chi connectivity index (χ0n) is 15.5. The van der Waals surface area contributed by atoms with Crippen LogP contribution in [0, 0.1) is 5.82 Å². The molecule has 28 heavy (non-hydrogen) atoms. The van der Waals surface area contributed by atoms with Crippen molar-refractivity contribution in [3.63, 3.8) is 0 Å². The van der Waals surface area contributed by atoms with Crippen molar-refractivity contribution in [3.8, 4) is 11.3 Å². The minimum Gasteiger partial charge on any atom is -0.439 e. The number of para-hydroxylation sites is 1. The Morgan fingerprint density at radius 2 is 1.93 bits per heavy atom. The van der Waals surface area contributed by atoms with Crippen LogP contribution in [0.4, 0.5) is 10.1 Å². The van der Waals surface area contributed by atoms with Crippen molar-refractivity contribution in [3.05, 3.63) is 72.0 Å². The lowest BCUT2D eigenvalue weighted by Gasteiger charge is -2.27. The van der Waals surface area contributed by atoms with Crippen LogP contribution in [-0.4, -0.2) is 28.9 Å². The molecule has 2 heterocycles. The molecule has 4 rings (SSSR count). The first-order chi connectivity index (χ1) is 13.7. The van der Waals surface area contributed by atoms with Crippen molar-refractivity contribution in [1.82, 2.24) is 9.88 Å². The molecule has 1 saturated heterocycles. The molecule has 1 aromatic heterocycles. The second kappa shape index (κ2) is 8.25. The van der Waals surface area contributed by atoms with Crippen molar-refractivity contribution in [2.45, 2.75) is 25.8 Å². The van der Waals surface area contributed by atoms with Crippen molar-refractivity contribution < 1.29 is 13.6 Å². The Morgan fingerprint density at radius 3 is 2.75 bits per heavy atom. The van der Waals surface area contributed by atoms with Crippen LogP contribution >= 0.6 is 0 Å². The molecule has 2 aromatic carbocycles. The van der Waals surface area contributed by atoms with Gasteiger partial charge in [0.25, 0.3) is 5.91 Å². The van der Waals surface area contributed by atoms with Crippen LogP contribution in [0.1, 0.15) is 35.5 Å². The third kappa shape index (κ3) is 4.06. The molecule has 1 fully saturated rings. The molecule has 0 radical (unpaired) electrons. The fourth-order valence-electron chi connectivity index (χ4n) is 3.43. The summed E-state index contributed by atoms with van der Waals surface area (Å²) >= 11 is 0. The predicted molar refractivity (Wildman–Crippen MR) is 105 cm³/mol. The highest BCUT2D eigenvalue weighted by Gasteiger charge is 2.20. The lowest BCUT2D eigenvalue weighted by molar-refractivity contribution is 0.0725. The number of rotatable bonds is 5. The van der Waals surface area contributed by atoms with E-state index in [-0.39, 0.29) is 11.7 Å². The average Bonchev–Trinajstić information content (AvgIpc) is 3.22. The van der Waals surface area contributed by atoms with E-state index in [4.69, 9.17) is 4.42 Å². The van der Waals surface area contributed by atoms with Gasteiger partial charge in [-0.05, 0) is 43.5 Å². The van der Waals surface area contributed by atoms with Gasteiger partial charge in [0.05, 0.1) is 18.3 Å². The second-order valence-electron chi connectivity index (χ2n) is 6.88. The first-order valence-electron chi connectivity index (χ1n) is 9.53. The lowest BCUT2D eigenvalue weighted by Crippen LogP contribution is -2.35. The SMILES string of the molecule is O=C(c1ccccc1NCc1ncc(-c2cccc(F)c2)o1)N1CCCCC1. The number of aromatic nitrogens is 1. The lowest BCUT2D eigenvalue weighted by atomic mass is 10.1. The summed E-state index contributed by atoms with van der Waals surface area (Å²) in [4.78, 5) is 19.0. The number of anilines is 1. The Balaban J connectivity index is 1.46. The molecule has 0 spiro atoms. The largest absolute Gasteiger partial charge is 0.439 e. The van der Waals surface area contributed by atoms with Gasteiger partial charge in [-0.25, -0.2) is 9.37 Å². The standard InChI is InChI=1S/C22H22FN3O2/c23-17-8-6-7-16(13-17)20-14-25-21(28-20)15-24-19-10-3-2-9-18(19)22(27)26-11-4-1-5-12-26/h2-3,6-10,13-14,24H,1,4-5,11-12,15H2. The number of nitrogens with one attached hydrogen (secondary N) is 1. The van der Waals surface area contributed by atoms with Crippen molar-refractivity contribution >= 4 is 11.6 Å². The van der Waals surface area contributed by atoms with Gasteiger partial charge in [0, 0.05) is 24.3 Å². The molecule has 3 aromatic rings. The number of hydrogen-bond acceptors (Lipinski definition) is 4. The molecule has 0 bridgehead atoms. The molecule has 1 aliphatic rings. The average molecular weight is 379 g/mol. The summed E-state index contributed by atoms with van der Waals surface area (Å²) in [6.07, 6.45) is 4.87. The summed E-state index contributed by atoms with van der Waals surface area (Å²) in [5.41, 5.74) is 2.05. The van der Waals surface area contributed by atoms with E-state index in [0.29, 0.717) is 29.3 Å². The van der Waals surface area contributed by atoms with Crippen LogP contribution in [0.15, 0.2) is 59.1 Å². The van der Waals surface area contributed by atoms with Gasteiger partial charge in [0.2, 0.25) is 5.89 Å². The molecule has 0 atom stereocenters. The van der Waals surface area contributed by atoms with E-state index in [1.54, 1.807) is 18.3 Å². The summed E-state index contributed by atoms with van der Waals surface area (Å²) in [7, 11) is 0. The predicted octanol–water partition coefficient (Wildman–Crippen LogP) is 4.72. The summed E-state index contributed by atoms with van der Waals surface area (Å²) in [6, 6.07) is 13.7. The summed E-state index contributed by atoms with van der Waals surface area (Å²) < 4.78 is 19.1. The van der Waals surface area contributed by atoms with Crippen molar-refractivity contribution in [2.24, 2.45) is 0 Å². The summed E-state index contributed by atoms with van der Waals surface area (Å²) in [5.74, 6) is 0.711. The molecule has 6 heteroatoms. The smallest absolute Gasteiger partial charge is 0.255 e. The van der Waals surface area contributed by atoms with E-state index in [2.05, 4.69) is 10.3 Å². The number of oxazole rings is 1. The molecule has 5 nitrogen and oxygen atoms in total. The highest BCUT2D eigenvalue weighted by molar-refractivity contribution is 5.99. The number of benzene rings is 2. The fourth-order valence-corrected chi connectivity index (χ4v) is 3.43. The normalized spacial score (nSPS) is 14.1. The van der Waals surface area contributed by atoms with Crippen LogP contribution in [0.2, 0.25) is 0 Å². The minimum absolute atomic E-state index is 0.0515. The number of hydrogen-bond donors (Lipinski definition) is 1. The topological polar surface area (TPSA) is 58.4 Å². The number of carbonyl (C=O) groups is 1. The number of halogens is 1. The van der Waals surface area contributed by atoms with E-state index < -0.39 is 0 Å². The maximum Gasteiger partial charge on any atom is 0.255 e. The van der Waals surface area contributed by atoms with Gasteiger partial charge in [-0.1, -0.05) is 24.3 Å². The van der Waals surface area contributed by atoms with Gasteiger partial charge >= 0.3 is 0 Å². The maximum absolute atomic E-state index is 13.4. The number of nitrogens with zero attached hydrogens (tertiary/aromatic N) is 2. The van der Waals surface area contributed by atoms with Crippen LogP contribution in [0.5, 0.6) is 0 Å². The third-order valence-corrected chi connectivity index (χ3v) is 4.89. The fraction of sp³-hybridized carbons (Fsp3) is 0.273. The molecular formula is C22H22FN3O2. The van der Waals surface area contributed by atoms with Gasteiger partial charge in [0.15, 0.2) is 5.76 Å². The molecule has 0 saturated carbocycles. The zero-order chi connectivity index (χ0) is 19.3. The number of carbonyl (C=O) groups excluding carboxylic acids is 1. The summed E-state index contributed by atoms with van der Waals surface area (Å²) in [6.45, 7) is 1.95. The Morgan fingerprint density at radius 1 is 1.11 bits per heavy atom. The minimum atomic E-state index is -0.321. The Kier molecular flexibility index (Phi) is 5.37. The molecule has 1 aliphatic heterocycles. The van der Waals surface area contributed by atoms with Gasteiger partial charge < -0.3 is 14.6 Å². The van der Waals surface area contributed by atoms with E-state index in [1.165, 1.54) is 18.6 Å². The van der Waals surface area contributed by atoms with E-state index in [1.807, 2.05) is 29.2 Å². The highest BCUT2D eigenvalue weighted by Crippen LogP contribution is 2.23. The molecule has 1 amide bonds. The monoisotopic (exact) mass is 379 g/mol. The van der Waals surface area contributed by atoms with Crippen LogP contribution in [0.25, 0.3) is 11.3 Å². The second-order valence-corrected chi connectivity index (χ2v) is 6.88. The first kappa shape index (κ1) is 18.2. The Bertz CT molecular complexity index is 964. The first-order valence-corrected chi connectivity index (χ1v) is 9.53. The zero-order valence-corrected chi connectivity index (χ0v) is 15.5. The highest BCUT2D eigenvalue weighted by atomic mass is 19.1. The molecular weight excluding hydrogens is 357 g/mol. The third-order valence-electron chi connectivity index (χ3n) is 4.89. The molecule has 1 N–H and O–H groups in total. The number of likely N-dealkylation sites (tertiary alicyclic amines) is 1. The maximum atomic E-state index is 13.4. The van der Waals surface area contributed by atoms with Gasteiger partial charge in [-0.15, -0.1) is 0 Å². The summed E-state index contributed by atoms with van der Waals surface area (Å²) in [5, 5.41) is 3.25. The van der Waals surface area contributed by atoms with Crippen molar-refractivity contribution in [2.75, 3.05) is 18.4 Å². The Labute approximate surface area is 163 Å². The van der Waals surface area contributed by atoms with E-state index in [0.717, 1.165) is 31.6 Å². The number of amides is 1. The van der Waals surface area contributed by atoms with Crippen molar-refractivity contribution in [1.29, 1.82) is 0 Å². The molecule has 0 aliphatic carbocycles. The van der Waals surface area contributed by atoms with Crippen LogP contribution < -0.4 is 5.32 Å². The van der Waals surface area contributed by atoms with E-state index >= 15 is 0 Å². The van der Waals surface area contributed by atoms with Gasteiger partial charge in [-0.3, -0.25) is 4.79 Å². The van der Waals surface area contributed by atoms with E-state index in [9.17, 15) is 9.18 Å².